The fourth-order valence-electron chi connectivity index (χ4n) is 1.59. The molecule has 132 valence electrons. The van der Waals surface area contributed by atoms with Crippen molar-refractivity contribution in [1.82, 2.24) is 0 Å². The summed E-state index contributed by atoms with van der Waals surface area (Å²) in [6.07, 6.45) is 1.15. The van der Waals surface area contributed by atoms with Gasteiger partial charge in [-0.15, -0.1) is 12.4 Å². The number of sulfone groups is 1. The number of hydrogen-bond donors (Lipinski definition) is 2. The average molecular weight is 365 g/mol. The van der Waals surface area contributed by atoms with Crippen LogP contribution in [0.2, 0.25) is 0 Å². The molecule has 1 atom stereocenters. The highest BCUT2D eigenvalue weighted by Gasteiger charge is 2.27. The van der Waals surface area contributed by atoms with Gasteiger partial charge in [0, 0.05) is 18.0 Å². The highest BCUT2D eigenvalue weighted by Crippen LogP contribution is 2.21. The number of nitrogens with two attached hydrogens (primary N) is 1. The second-order valence-corrected chi connectivity index (χ2v) is 8.60. The summed E-state index contributed by atoms with van der Waals surface area (Å²) in [5, 5.41) is 2.73. The van der Waals surface area contributed by atoms with Crippen molar-refractivity contribution in [3.05, 3.63) is 24.3 Å². The molecule has 1 rings (SSSR count). The van der Waals surface area contributed by atoms with Gasteiger partial charge in [0.15, 0.2) is 9.84 Å². The van der Waals surface area contributed by atoms with Crippen LogP contribution in [0, 0.1) is 5.41 Å². The number of amides is 1. The molecule has 0 spiro atoms. The third-order valence-corrected chi connectivity index (χ3v) is 3.95. The molecule has 0 aliphatic carbocycles. The van der Waals surface area contributed by atoms with E-state index in [0.717, 1.165) is 6.26 Å². The average Bonchev–Trinajstić information content (AvgIpc) is 2.35. The summed E-state index contributed by atoms with van der Waals surface area (Å²) in [6, 6.07) is 6.13. The maximum absolute atomic E-state index is 12.1. The monoisotopic (exact) mass is 364 g/mol. The van der Waals surface area contributed by atoms with E-state index in [-0.39, 0.29) is 36.1 Å². The minimum Gasteiger partial charge on any atom is -0.492 e. The molecule has 1 aromatic rings. The molecule has 0 saturated carbocycles. The van der Waals surface area contributed by atoms with Gasteiger partial charge in [-0.05, 0) is 17.5 Å². The van der Waals surface area contributed by atoms with Crippen molar-refractivity contribution in [3.8, 4) is 5.75 Å². The van der Waals surface area contributed by atoms with E-state index < -0.39 is 15.9 Å². The second kappa shape index (κ2) is 8.52. The van der Waals surface area contributed by atoms with Gasteiger partial charge in [0.1, 0.15) is 12.4 Å². The van der Waals surface area contributed by atoms with Gasteiger partial charge >= 0.3 is 0 Å². The molecule has 0 unspecified atom stereocenters. The Labute approximate surface area is 144 Å². The van der Waals surface area contributed by atoms with Crippen LogP contribution in [0.1, 0.15) is 20.8 Å². The standard InChI is InChI=1S/C15H24N2O4S.ClH/c1-15(2,3)13(16)14(18)17-11-6-5-7-12(10-11)21-8-9-22(4,19)20;/h5-7,10,13H,8-9,16H2,1-4H3,(H,17,18);1H/t13-;/m1./s1. The van der Waals surface area contributed by atoms with Crippen LogP contribution in [0.15, 0.2) is 24.3 Å². The molecule has 23 heavy (non-hydrogen) atoms. The van der Waals surface area contributed by atoms with Gasteiger partial charge < -0.3 is 15.8 Å². The molecular formula is C15H25ClN2O4S. The number of nitrogens with one attached hydrogen (secondary N) is 1. The van der Waals surface area contributed by atoms with Crippen molar-refractivity contribution in [3.63, 3.8) is 0 Å². The number of ether oxygens (including phenoxy) is 1. The molecule has 0 aliphatic rings. The molecule has 0 fully saturated rings. The topological polar surface area (TPSA) is 98.5 Å². The largest absolute Gasteiger partial charge is 0.492 e. The fourth-order valence-corrected chi connectivity index (χ4v) is 1.97. The van der Waals surface area contributed by atoms with E-state index in [1.807, 2.05) is 20.8 Å². The van der Waals surface area contributed by atoms with Gasteiger partial charge in [-0.25, -0.2) is 8.42 Å². The van der Waals surface area contributed by atoms with Crippen LogP contribution in [0.4, 0.5) is 5.69 Å². The predicted molar refractivity (Wildman–Crippen MR) is 95.0 cm³/mol. The van der Waals surface area contributed by atoms with Crippen molar-refractivity contribution in [2.24, 2.45) is 11.1 Å². The second-order valence-electron chi connectivity index (χ2n) is 6.34. The molecule has 0 aliphatic heterocycles. The number of anilines is 1. The molecule has 0 heterocycles. The molecular weight excluding hydrogens is 340 g/mol. The number of carbonyl (C=O) groups is 1. The van der Waals surface area contributed by atoms with E-state index in [4.69, 9.17) is 10.5 Å². The van der Waals surface area contributed by atoms with Crippen molar-refractivity contribution in [2.45, 2.75) is 26.8 Å². The van der Waals surface area contributed by atoms with E-state index >= 15 is 0 Å². The van der Waals surface area contributed by atoms with Gasteiger partial charge in [-0.3, -0.25) is 4.79 Å². The number of benzene rings is 1. The Balaban J connectivity index is 0.00000484. The summed E-state index contributed by atoms with van der Waals surface area (Å²) in [4.78, 5) is 12.1. The van der Waals surface area contributed by atoms with E-state index in [1.165, 1.54) is 0 Å². The number of halogens is 1. The van der Waals surface area contributed by atoms with E-state index in [1.54, 1.807) is 24.3 Å². The smallest absolute Gasteiger partial charge is 0.241 e. The Kier molecular flexibility index (Phi) is 8.03. The fraction of sp³-hybridized carbons (Fsp3) is 0.533. The minimum atomic E-state index is -3.06. The normalized spacial score (nSPS) is 12.9. The van der Waals surface area contributed by atoms with Crippen LogP contribution < -0.4 is 15.8 Å². The van der Waals surface area contributed by atoms with Gasteiger partial charge in [-0.2, -0.15) is 0 Å². The van der Waals surface area contributed by atoms with E-state index in [2.05, 4.69) is 5.32 Å². The lowest BCUT2D eigenvalue weighted by atomic mass is 9.87. The van der Waals surface area contributed by atoms with Crippen LogP contribution in [-0.4, -0.2) is 39.0 Å². The van der Waals surface area contributed by atoms with Crippen LogP contribution in [0.25, 0.3) is 0 Å². The van der Waals surface area contributed by atoms with Gasteiger partial charge in [0.05, 0.1) is 11.8 Å². The molecule has 0 saturated heterocycles. The van der Waals surface area contributed by atoms with E-state index in [9.17, 15) is 13.2 Å². The highest BCUT2D eigenvalue weighted by atomic mass is 35.5. The maximum Gasteiger partial charge on any atom is 0.241 e. The number of hydrogen-bond acceptors (Lipinski definition) is 5. The van der Waals surface area contributed by atoms with Crippen molar-refractivity contribution in [1.29, 1.82) is 0 Å². The summed E-state index contributed by atoms with van der Waals surface area (Å²) >= 11 is 0. The van der Waals surface area contributed by atoms with Gasteiger partial charge in [0.2, 0.25) is 5.91 Å². The molecule has 0 aromatic heterocycles. The Morgan fingerprint density at radius 3 is 2.48 bits per heavy atom. The number of carbonyl (C=O) groups excluding carboxylic acids is 1. The lowest BCUT2D eigenvalue weighted by Crippen LogP contribution is -2.45. The summed E-state index contributed by atoms with van der Waals surface area (Å²) < 4.78 is 27.5. The lowest BCUT2D eigenvalue weighted by molar-refractivity contribution is -0.119. The first-order chi connectivity index (χ1) is 9.99. The molecule has 3 N–H and O–H groups in total. The van der Waals surface area contributed by atoms with Crippen LogP contribution in [0.5, 0.6) is 5.75 Å². The summed E-state index contributed by atoms with van der Waals surface area (Å²) in [7, 11) is -3.06. The molecule has 8 heteroatoms. The summed E-state index contributed by atoms with van der Waals surface area (Å²) in [5.41, 5.74) is 6.12. The molecule has 1 aromatic carbocycles. The maximum atomic E-state index is 12.1. The molecule has 0 radical (unpaired) electrons. The quantitative estimate of drug-likeness (QED) is 0.802. The zero-order valence-electron chi connectivity index (χ0n) is 13.8. The van der Waals surface area contributed by atoms with Gasteiger partial charge in [-0.1, -0.05) is 26.8 Å². The zero-order chi connectivity index (χ0) is 17.0. The minimum absolute atomic E-state index is 0. The van der Waals surface area contributed by atoms with Crippen LogP contribution in [-0.2, 0) is 14.6 Å². The zero-order valence-corrected chi connectivity index (χ0v) is 15.5. The number of rotatable bonds is 6. The van der Waals surface area contributed by atoms with Crippen molar-refractivity contribution in [2.75, 3.05) is 23.9 Å². The van der Waals surface area contributed by atoms with Crippen LogP contribution in [0.3, 0.4) is 0 Å². The first kappa shape index (κ1) is 21.7. The third kappa shape index (κ3) is 8.20. The SMILES string of the molecule is CC(C)(C)[C@H](N)C(=O)Nc1cccc(OCCS(C)(=O)=O)c1.Cl. The molecule has 6 nitrogen and oxygen atoms in total. The molecule has 0 bridgehead atoms. The predicted octanol–water partition coefficient (Wildman–Crippen LogP) is 1.84. The highest BCUT2D eigenvalue weighted by molar-refractivity contribution is 7.90. The van der Waals surface area contributed by atoms with Gasteiger partial charge in [0.25, 0.3) is 0 Å². The summed E-state index contributed by atoms with van der Waals surface area (Å²) in [5.74, 6) is 0.157. The summed E-state index contributed by atoms with van der Waals surface area (Å²) in [6.45, 7) is 5.74. The van der Waals surface area contributed by atoms with Crippen molar-refractivity contribution < 1.29 is 17.9 Å². The Hall–Kier alpha value is -1.31. The Morgan fingerprint density at radius 2 is 1.96 bits per heavy atom. The van der Waals surface area contributed by atoms with E-state index in [0.29, 0.717) is 11.4 Å². The first-order valence-electron chi connectivity index (χ1n) is 6.96. The van der Waals surface area contributed by atoms with Crippen LogP contribution >= 0.6 is 12.4 Å². The first-order valence-corrected chi connectivity index (χ1v) is 9.02. The third-order valence-electron chi connectivity index (χ3n) is 3.04. The Bertz CT molecular complexity index is 627. The molecule has 1 amide bonds. The lowest BCUT2D eigenvalue weighted by Gasteiger charge is -2.25. The van der Waals surface area contributed by atoms with Crippen molar-refractivity contribution >= 4 is 33.8 Å². The Morgan fingerprint density at radius 1 is 1.35 bits per heavy atom.